The molecule has 138 valence electrons. The van der Waals surface area contributed by atoms with Gasteiger partial charge in [0.05, 0.1) is 0 Å². The Labute approximate surface area is 158 Å². The molecule has 0 aromatic heterocycles. The monoisotopic (exact) mass is 375 g/mol. The number of rotatable bonds is 7. The summed E-state index contributed by atoms with van der Waals surface area (Å²) in [5.74, 6) is -0.348. The minimum atomic E-state index is -0.924. The summed E-state index contributed by atoms with van der Waals surface area (Å²) >= 11 is 6.04. The molecule has 0 spiro atoms. The van der Waals surface area contributed by atoms with Crippen molar-refractivity contribution < 1.29 is 19.1 Å². The van der Waals surface area contributed by atoms with Crippen LogP contribution >= 0.6 is 11.6 Å². The van der Waals surface area contributed by atoms with Crippen molar-refractivity contribution in [1.29, 1.82) is 0 Å². The summed E-state index contributed by atoms with van der Waals surface area (Å²) in [5.41, 5.74) is 2.66. The zero-order chi connectivity index (χ0) is 19.1. The van der Waals surface area contributed by atoms with Gasteiger partial charge >= 0.3 is 5.97 Å². The number of para-hydroxylation sites is 1. The summed E-state index contributed by atoms with van der Waals surface area (Å²) in [6.07, 6.45) is -0.924. The Balaban J connectivity index is 1.81. The van der Waals surface area contributed by atoms with Gasteiger partial charge in [0.15, 0.2) is 12.7 Å². The Morgan fingerprint density at radius 2 is 1.73 bits per heavy atom. The quantitative estimate of drug-likeness (QED) is 0.751. The topological polar surface area (TPSA) is 64.6 Å². The van der Waals surface area contributed by atoms with Crippen LogP contribution in [0.5, 0.6) is 5.75 Å². The van der Waals surface area contributed by atoms with Crippen molar-refractivity contribution in [2.24, 2.45) is 0 Å². The molecule has 0 saturated heterocycles. The molecule has 0 bridgehead atoms. The molecular formula is C20H22ClNO4. The van der Waals surface area contributed by atoms with Crippen LogP contribution in [0.25, 0.3) is 0 Å². The van der Waals surface area contributed by atoms with Gasteiger partial charge in [-0.05, 0) is 43.5 Å². The highest BCUT2D eigenvalue weighted by Gasteiger charge is 2.18. The molecule has 1 amide bonds. The lowest BCUT2D eigenvalue weighted by atomic mass is 10.1. The number of benzene rings is 2. The highest BCUT2D eigenvalue weighted by Crippen LogP contribution is 2.22. The van der Waals surface area contributed by atoms with E-state index in [-0.39, 0.29) is 13.2 Å². The molecule has 2 aromatic rings. The molecule has 0 aliphatic carbocycles. The minimum Gasteiger partial charge on any atom is -0.481 e. The van der Waals surface area contributed by atoms with Gasteiger partial charge in [-0.25, -0.2) is 4.79 Å². The number of carbonyl (C=O) groups is 2. The summed E-state index contributed by atoms with van der Waals surface area (Å²) in [6.45, 7) is 5.32. The van der Waals surface area contributed by atoms with E-state index in [1.807, 2.05) is 50.2 Å². The molecule has 5 nitrogen and oxygen atoms in total. The Hall–Kier alpha value is -2.53. The van der Waals surface area contributed by atoms with E-state index in [2.05, 4.69) is 5.32 Å². The van der Waals surface area contributed by atoms with E-state index in [0.717, 1.165) is 16.7 Å². The normalized spacial score (nSPS) is 11.5. The summed E-state index contributed by atoms with van der Waals surface area (Å²) in [5, 5.41) is 3.26. The fourth-order valence-corrected chi connectivity index (χ4v) is 2.61. The minimum absolute atomic E-state index is 0.256. The number of nitrogens with one attached hydrogen (secondary N) is 1. The second-order valence-corrected chi connectivity index (χ2v) is 6.36. The van der Waals surface area contributed by atoms with Gasteiger partial charge in [-0.1, -0.05) is 48.0 Å². The van der Waals surface area contributed by atoms with Gasteiger partial charge in [-0.2, -0.15) is 0 Å². The van der Waals surface area contributed by atoms with Gasteiger partial charge in [0, 0.05) is 11.6 Å². The lowest BCUT2D eigenvalue weighted by Crippen LogP contribution is -2.36. The van der Waals surface area contributed by atoms with E-state index in [4.69, 9.17) is 21.1 Å². The molecule has 2 aromatic carbocycles. The van der Waals surface area contributed by atoms with Crippen LogP contribution in [-0.4, -0.2) is 24.6 Å². The average Bonchev–Trinajstić information content (AvgIpc) is 2.60. The molecule has 0 aliphatic heterocycles. The Bertz CT molecular complexity index is 771. The largest absolute Gasteiger partial charge is 0.481 e. The highest BCUT2D eigenvalue weighted by atomic mass is 35.5. The predicted octanol–water partition coefficient (Wildman–Crippen LogP) is 3.58. The number of ether oxygens (including phenoxy) is 2. The van der Waals surface area contributed by atoms with Crippen molar-refractivity contribution >= 4 is 23.5 Å². The molecule has 26 heavy (non-hydrogen) atoms. The van der Waals surface area contributed by atoms with Crippen LogP contribution in [0.15, 0.2) is 42.5 Å². The number of hydrogen-bond donors (Lipinski definition) is 1. The van der Waals surface area contributed by atoms with E-state index in [1.54, 1.807) is 6.07 Å². The molecule has 0 heterocycles. The number of amides is 1. The number of hydrogen-bond acceptors (Lipinski definition) is 4. The van der Waals surface area contributed by atoms with Gasteiger partial charge in [0.1, 0.15) is 5.75 Å². The number of halogens is 1. The van der Waals surface area contributed by atoms with Crippen LogP contribution in [0.4, 0.5) is 0 Å². The number of esters is 1. The zero-order valence-electron chi connectivity index (χ0n) is 15.0. The molecule has 0 unspecified atom stereocenters. The van der Waals surface area contributed by atoms with Crippen LogP contribution in [0.3, 0.4) is 0 Å². The third-order valence-corrected chi connectivity index (χ3v) is 4.20. The van der Waals surface area contributed by atoms with E-state index >= 15 is 0 Å². The maximum absolute atomic E-state index is 12.1. The molecule has 0 aliphatic rings. The van der Waals surface area contributed by atoms with Crippen molar-refractivity contribution in [3.8, 4) is 5.75 Å². The van der Waals surface area contributed by atoms with Gasteiger partial charge < -0.3 is 14.8 Å². The van der Waals surface area contributed by atoms with Crippen molar-refractivity contribution in [2.45, 2.75) is 33.4 Å². The molecular weight excluding hydrogens is 354 g/mol. The first-order valence-corrected chi connectivity index (χ1v) is 8.66. The average molecular weight is 376 g/mol. The predicted molar refractivity (Wildman–Crippen MR) is 100 cm³/mol. The maximum Gasteiger partial charge on any atom is 0.344 e. The molecule has 6 heteroatoms. The first kappa shape index (κ1) is 19.8. The summed E-state index contributed by atoms with van der Waals surface area (Å²) in [7, 11) is 0. The van der Waals surface area contributed by atoms with Crippen LogP contribution in [0.1, 0.15) is 23.6 Å². The van der Waals surface area contributed by atoms with Crippen molar-refractivity contribution in [2.75, 3.05) is 6.61 Å². The third kappa shape index (κ3) is 5.49. The molecule has 1 N–H and O–H groups in total. The van der Waals surface area contributed by atoms with E-state index in [1.165, 1.54) is 6.92 Å². The fourth-order valence-electron chi connectivity index (χ4n) is 2.41. The smallest absolute Gasteiger partial charge is 0.344 e. The summed E-state index contributed by atoms with van der Waals surface area (Å²) < 4.78 is 10.7. The van der Waals surface area contributed by atoms with Crippen LogP contribution < -0.4 is 10.1 Å². The van der Waals surface area contributed by atoms with Gasteiger partial charge in [-0.3, -0.25) is 4.79 Å². The first-order chi connectivity index (χ1) is 12.4. The number of aryl methyl sites for hydroxylation is 2. The second kappa shape index (κ2) is 9.25. The molecule has 0 radical (unpaired) electrons. The lowest BCUT2D eigenvalue weighted by Gasteiger charge is -2.15. The Kier molecular flexibility index (Phi) is 7.04. The Morgan fingerprint density at radius 3 is 2.38 bits per heavy atom. The maximum atomic E-state index is 12.1. The third-order valence-electron chi connectivity index (χ3n) is 3.83. The lowest BCUT2D eigenvalue weighted by molar-refractivity contribution is -0.156. The molecule has 1 atom stereocenters. The van der Waals surface area contributed by atoms with Crippen molar-refractivity contribution in [1.82, 2.24) is 5.32 Å². The SMILES string of the molecule is Cc1cccc(C)c1OCC(=O)O[C@@H](C)C(=O)NCc1ccccc1Cl. The fraction of sp³-hybridized carbons (Fsp3) is 0.300. The van der Waals surface area contributed by atoms with Crippen LogP contribution in [0, 0.1) is 13.8 Å². The van der Waals surface area contributed by atoms with Crippen LogP contribution in [-0.2, 0) is 20.9 Å². The number of carbonyl (C=O) groups excluding carboxylic acids is 2. The Morgan fingerprint density at radius 1 is 1.08 bits per heavy atom. The van der Waals surface area contributed by atoms with E-state index < -0.39 is 18.0 Å². The van der Waals surface area contributed by atoms with E-state index in [9.17, 15) is 9.59 Å². The van der Waals surface area contributed by atoms with Crippen molar-refractivity contribution in [3.63, 3.8) is 0 Å². The zero-order valence-corrected chi connectivity index (χ0v) is 15.8. The van der Waals surface area contributed by atoms with Gasteiger partial charge in [0.2, 0.25) is 0 Å². The summed E-state index contributed by atoms with van der Waals surface area (Å²) in [4.78, 5) is 24.0. The second-order valence-electron chi connectivity index (χ2n) is 5.95. The van der Waals surface area contributed by atoms with E-state index in [0.29, 0.717) is 10.8 Å². The molecule has 0 saturated carbocycles. The standard InChI is InChI=1S/C20H22ClNO4/c1-13-7-6-8-14(2)19(13)25-12-18(23)26-15(3)20(24)22-11-16-9-4-5-10-17(16)21/h4-10,15H,11-12H2,1-3H3,(H,22,24)/t15-/m0/s1. The van der Waals surface area contributed by atoms with Gasteiger partial charge in [0.25, 0.3) is 5.91 Å². The van der Waals surface area contributed by atoms with Crippen molar-refractivity contribution in [3.05, 3.63) is 64.2 Å². The first-order valence-electron chi connectivity index (χ1n) is 8.28. The molecule has 0 fully saturated rings. The van der Waals surface area contributed by atoms with Gasteiger partial charge in [-0.15, -0.1) is 0 Å². The summed E-state index contributed by atoms with van der Waals surface area (Å²) in [6, 6.07) is 12.9. The highest BCUT2D eigenvalue weighted by molar-refractivity contribution is 6.31. The molecule has 2 rings (SSSR count). The van der Waals surface area contributed by atoms with Crippen LogP contribution in [0.2, 0.25) is 5.02 Å².